The molecule has 0 saturated carbocycles. The highest BCUT2D eigenvalue weighted by Gasteiger charge is 2.75. The Balaban J connectivity index is 1.75. The van der Waals surface area contributed by atoms with Crippen LogP contribution in [-0.2, 0) is 19.1 Å². The van der Waals surface area contributed by atoms with Gasteiger partial charge in [-0.1, -0.05) is 162 Å². The van der Waals surface area contributed by atoms with Crippen LogP contribution in [0, 0.1) is 11.3 Å². The molecule has 2 heterocycles. The van der Waals surface area contributed by atoms with Crippen LogP contribution >= 0.6 is 0 Å². The molecular formula is C40H74O6. The molecule has 1 spiro atoms. The fourth-order valence-electron chi connectivity index (χ4n) is 8.04. The highest BCUT2D eigenvalue weighted by Crippen LogP contribution is 2.58. The van der Waals surface area contributed by atoms with Gasteiger partial charge in [-0.2, -0.15) is 0 Å². The lowest BCUT2D eigenvalue weighted by Gasteiger charge is -2.37. The van der Waals surface area contributed by atoms with Gasteiger partial charge in [0.05, 0.1) is 5.41 Å². The lowest BCUT2D eigenvalue weighted by atomic mass is 9.66. The van der Waals surface area contributed by atoms with E-state index >= 15 is 0 Å². The number of carboxylic acids is 2. The first-order valence-corrected chi connectivity index (χ1v) is 20.2. The number of ether oxygens (including phenoxy) is 2. The predicted molar refractivity (Wildman–Crippen MR) is 189 cm³/mol. The fraction of sp³-hybridized carbons (Fsp3) is 0.950. The minimum Gasteiger partial charge on any atom is -0.481 e. The molecule has 0 radical (unpaired) electrons. The average molecular weight is 651 g/mol. The zero-order valence-electron chi connectivity index (χ0n) is 30.5. The van der Waals surface area contributed by atoms with Crippen molar-refractivity contribution in [2.45, 2.75) is 231 Å². The molecule has 2 fully saturated rings. The molecule has 0 aromatic heterocycles. The van der Waals surface area contributed by atoms with E-state index in [0.717, 1.165) is 89.9 Å². The van der Waals surface area contributed by atoms with Crippen molar-refractivity contribution < 1.29 is 29.3 Å². The van der Waals surface area contributed by atoms with Gasteiger partial charge < -0.3 is 19.7 Å². The Kier molecular flexibility index (Phi) is 21.5. The van der Waals surface area contributed by atoms with Gasteiger partial charge in [-0.15, -0.1) is 0 Å². The lowest BCUT2D eigenvalue weighted by molar-refractivity contribution is -0.154. The Hall–Kier alpha value is -1.14. The summed E-state index contributed by atoms with van der Waals surface area (Å²) in [4.78, 5) is 23.6. The van der Waals surface area contributed by atoms with Gasteiger partial charge in [0.1, 0.15) is 12.2 Å². The van der Waals surface area contributed by atoms with Crippen molar-refractivity contribution in [2.75, 3.05) is 0 Å². The smallest absolute Gasteiger partial charge is 0.309 e. The van der Waals surface area contributed by atoms with Crippen LogP contribution in [0.3, 0.4) is 0 Å². The average Bonchev–Trinajstić information content (AvgIpc) is 3.94. The van der Waals surface area contributed by atoms with E-state index in [2.05, 4.69) is 20.8 Å². The number of rotatable bonds is 34. The Labute approximate surface area is 283 Å². The molecule has 0 aliphatic carbocycles. The van der Waals surface area contributed by atoms with Gasteiger partial charge in [-0.05, 0) is 50.9 Å². The Morgan fingerprint density at radius 2 is 1.00 bits per heavy atom. The van der Waals surface area contributed by atoms with Crippen LogP contribution < -0.4 is 0 Å². The molecule has 0 amide bonds. The summed E-state index contributed by atoms with van der Waals surface area (Å²) in [6.45, 7) is 6.66. The van der Waals surface area contributed by atoms with E-state index in [1.807, 2.05) is 0 Å². The topological polar surface area (TPSA) is 99.7 Å². The standard InChI is InChI=1S/C40H74O6/c1-4-7-9-11-13-15-17-22-28-34(39(6-3,38(43)44)33-27-20-16-14-12-10-8-5-2)29-23-21-25-31-36-40(46-36)35(45-40)30-24-18-19-26-32-37(41)42/h34-36H,4-33H2,1-3H3,(H,41,42)(H,43,44). The quantitative estimate of drug-likeness (QED) is 0.0531. The summed E-state index contributed by atoms with van der Waals surface area (Å²) in [5, 5.41) is 19.4. The first-order chi connectivity index (χ1) is 22.4. The monoisotopic (exact) mass is 651 g/mol. The third-order valence-corrected chi connectivity index (χ3v) is 11.3. The van der Waals surface area contributed by atoms with Crippen LogP contribution in [0.1, 0.15) is 213 Å². The Morgan fingerprint density at radius 1 is 0.587 bits per heavy atom. The normalized spacial score (nSPS) is 22.2. The molecule has 2 rings (SSSR count). The molecule has 2 N–H and O–H groups in total. The van der Waals surface area contributed by atoms with Gasteiger partial charge in [-0.3, -0.25) is 9.59 Å². The van der Waals surface area contributed by atoms with Crippen LogP contribution in [0.5, 0.6) is 0 Å². The first-order valence-electron chi connectivity index (χ1n) is 20.2. The van der Waals surface area contributed by atoms with Crippen molar-refractivity contribution in [1.82, 2.24) is 0 Å². The highest BCUT2D eigenvalue weighted by atomic mass is 16.9. The van der Waals surface area contributed by atoms with E-state index in [-0.39, 0.29) is 30.3 Å². The lowest BCUT2D eigenvalue weighted by Crippen LogP contribution is -2.38. The van der Waals surface area contributed by atoms with E-state index in [4.69, 9.17) is 14.6 Å². The molecule has 5 atom stereocenters. The van der Waals surface area contributed by atoms with Gasteiger partial charge in [0.2, 0.25) is 5.79 Å². The molecule has 2 aliphatic rings. The van der Waals surface area contributed by atoms with E-state index in [1.54, 1.807) is 0 Å². The largest absolute Gasteiger partial charge is 0.481 e. The van der Waals surface area contributed by atoms with Crippen LogP contribution in [0.2, 0.25) is 0 Å². The van der Waals surface area contributed by atoms with Crippen molar-refractivity contribution in [3.8, 4) is 0 Å². The second-order valence-electron chi connectivity index (χ2n) is 14.9. The van der Waals surface area contributed by atoms with Crippen LogP contribution in [0.25, 0.3) is 0 Å². The van der Waals surface area contributed by atoms with Crippen LogP contribution in [-0.4, -0.2) is 40.1 Å². The van der Waals surface area contributed by atoms with Gasteiger partial charge >= 0.3 is 11.9 Å². The van der Waals surface area contributed by atoms with E-state index in [1.165, 1.54) is 96.3 Å². The zero-order valence-corrected chi connectivity index (χ0v) is 30.5. The first kappa shape index (κ1) is 41.0. The minimum atomic E-state index is -0.705. The van der Waals surface area contributed by atoms with Gasteiger partial charge in [0.15, 0.2) is 0 Å². The van der Waals surface area contributed by atoms with Crippen molar-refractivity contribution in [2.24, 2.45) is 11.3 Å². The van der Waals surface area contributed by atoms with E-state index in [9.17, 15) is 14.7 Å². The number of carbonyl (C=O) groups is 2. The van der Waals surface area contributed by atoms with Crippen molar-refractivity contribution in [1.29, 1.82) is 0 Å². The summed E-state index contributed by atoms with van der Waals surface area (Å²) in [6.07, 6.45) is 34.0. The third kappa shape index (κ3) is 15.4. The van der Waals surface area contributed by atoms with E-state index < -0.39 is 17.4 Å². The number of hydrogen-bond donors (Lipinski definition) is 2. The second-order valence-corrected chi connectivity index (χ2v) is 14.9. The van der Waals surface area contributed by atoms with Crippen molar-refractivity contribution in [3.05, 3.63) is 0 Å². The highest BCUT2D eigenvalue weighted by molar-refractivity contribution is 5.75. The van der Waals surface area contributed by atoms with Gasteiger partial charge in [0.25, 0.3) is 0 Å². The van der Waals surface area contributed by atoms with Crippen molar-refractivity contribution in [3.63, 3.8) is 0 Å². The number of carboxylic acid groups (broad SMARTS) is 2. The molecule has 46 heavy (non-hydrogen) atoms. The molecule has 0 aromatic rings. The molecule has 2 saturated heterocycles. The predicted octanol–water partition coefficient (Wildman–Crippen LogP) is 12.0. The fourth-order valence-corrected chi connectivity index (χ4v) is 8.04. The van der Waals surface area contributed by atoms with Gasteiger partial charge in [-0.25, -0.2) is 0 Å². The SMILES string of the molecule is CCCCCCCCCCC(CCCCCC1OC12OC2CCCCCCC(=O)O)C(CC)(CCCCCCCCCC)C(=O)O. The summed E-state index contributed by atoms with van der Waals surface area (Å²) < 4.78 is 11.9. The molecule has 0 bridgehead atoms. The number of aliphatic carboxylic acids is 2. The van der Waals surface area contributed by atoms with E-state index in [0.29, 0.717) is 0 Å². The summed E-state index contributed by atoms with van der Waals surface area (Å²) in [5.41, 5.74) is -0.574. The summed E-state index contributed by atoms with van der Waals surface area (Å²) in [6, 6.07) is 0. The van der Waals surface area contributed by atoms with Crippen molar-refractivity contribution >= 4 is 11.9 Å². The number of epoxide rings is 2. The zero-order chi connectivity index (χ0) is 33.5. The summed E-state index contributed by atoms with van der Waals surface area (Å²) >= 11 is 0. The van der Waals surface area contributed by atoms with Crippen LogP contribution in [0.15, 0.2) is 0 Å². The molecule has 6 heteroatoms. The van der Waals surface area contributed by atoms with Gasteiger partial charge in [0, 0.05) is 6.42 Å². The molecular weight excluding hydrogens is 576 g/mol. The molecule has 270 valence electrons. The third-order valence-electron chi connectivity index (χ3n) is 11.3. The molecule has 6 nitrogen and oxygen atoms in total. The van der Waals surface area contributed by atoms with Crippen LogP contribution in [0.4, 0.5) is 0 Å². The number of hydrogen-bond acceptors (Lipinski definition) is 4. The maximum Gasteiger partial charge on any atom is 0.309 e. The Bertz CT molecular complexity index is 801. The Morgan fingerprint density at radius 3 is 1.46 bits per heavy atom. The molecule has 0 aromatic carbocycles. The second kappa shape index (κ2) is 24.1. The maximum absolute atomic E-state index is 13.0. The minimum absolute atomic E-state index is 0.227. The molecule has 5 unspecified atom stereocenters. The summed E-state index contributed by atoms with van der Waals surface area (Å²) in [5.74, 6) is -1.27. The number of unbranched alkanes of at least 4 members (excludes halogenated alkanes) is 19. The summed E-state index contributed by atoms with van der Waals surface area (Å²) in [7, 11) is 0. The maximum atomic E-state index is 13.0. The molecule has 2 aliphatic heterocycles.